The molecule has 0 radical (unpaired) electrons. The molecular formula is C8H4Cl2O8. The largest absolute Gasteiger partial charge is 0.452 e. The Morgan fingerprint density at radius 1 is 0.889 bits per heavy atom. The Balaban J connectivity index is 2.85. The van der Waals surface area contributed by atoms with E-state index in [1.807, 2.05) is 0 Å². The summed E-state index contributed by atoms with van der Waals surface area (Å²) in [7, 11) is -5.42. The molecule has 0 aromatic heterocycles. The number of halogens is 2. The summed E-state index contributed by atoms with van der Waals surface area (Å²) in [6.45, 7) is 0. The average Bonchev–Trinajstić information content (AvgIpc) is 2.27. The van der Waals surface area contributed by atoms with E-state index in [1.54, 1.807) is 0 Å². The zero-order chi connectivity index (χ0) is 13.7. The van der Waals surface area contributed by atoms with Gasteiger partial charge in [0.05, 0.1) is 11.1 Å². The Bertz CT molecular complexity index is 409. The summed E-state index contributed by atoms with van der Waals surface area (Å²) in [4.78, 5) is 22.3. The standard InChI is InChI=1S/C8H4Cl2O8/c11-7(17-9(13)14)5-2-1-3-6(4-5)8(12)18-10(15)16/h1-4H. The van der Waals surface area contributed by atoms with Gasteiger partial charge in [-0.15, -0.1) is 0 Å². The molecule has 0 heterocycles. The molecule has 0 spiro atoms. The summed E-state index contributed by atoms with van der Waals surface area (Å²) in [6, 6.07) is 4.49. The van der Waals surface area contributed by atoms with Crippen molar-refractivity contribution in [3.63, 3.8) is 0 Å². The molecule has 10 heteroatoms. The van der Waals surface area contributed by atoms with Crippen molar-refractivity contribution in [2.45, 2.75) is 0 Å². The number of benzene rings is 1. The van der Waals surface area contributed by atoms with Crippen molar-refractivity contribution in [2.75, 3.05) is 0 Å². The van der Waals surface area contributed by atoms with Gasteiger partial charge in [-0.3, -0.25) is 0 Å². The zero-order valence-electron chi connectivity index (χ0n) is 8.33. The van der Waals surface area contributed by atoms with E-state index in [0.29, 0.717) is 0 Å². The highest BCUT2D eigenvalue weighted by molar-refractivity contribution is 5.94. The summed E-state index contributed by atoms with van der Waals surface area (Å²) in [5.41, 5.74) is -0.517. The van der Waals surface area contributed by atoms with Crippen molar-refractivity contribution >= 4 is 11.9 Å². The van der Waals surface area contributed by atoms with Gasteiger partial charge >= 0.3 is 33.5 Å². The van der Waals surface area contributed by atoms with Crippen molar-refractivity contribution in [2.24, 2.45) is 0 Å². The van der Waals surface area contributed by atoms with Crippen LogP contribution in [0.5, 0.6) is 0 Å². The fourth-order valence-corrected chi connectivity index (χ4v) is 1.38. The minimum Gasteiger partial charge on any atom is -0.307 e. The lowest BCUT2D eigenvalue weighted by molar-refractivity contribution is -1.62. The van der Waals surface area contributed by atoms with Gasteiger partial charge in [0.1, 0.15) is 0 Å². The van der Waals surface area contributed by atoms with E-state index in [4.69, 9.17) is 0 Å². The molecule has 0 unspecified atom stereocenters. The first kappa shape index (κ1) is 14.6. The molecule has 98 valence electrons. The van der Waals surface area contributed by atoms with E-state index in [-0.39, 0.29) is 11.1 Å². The quantitative estimate of drug-likeness (QED) is 0.549. The van der Waals surface area contributed by atoms with Crippen LogP contribution in [-0.2, 0) is 8.58 Å². The van der Waals surface area contributed by atoms with Crippen LogP contribution in [0.15, 0.2) is 24.3 Å². The lowest BCUT2D eigenvalue weighted by Gasteiger charge is -1.98. The molecule has 0 aliphatic carbocycles. The van der Waals surface area contributed by atoms with Crippen LogP contribution in [-0.4, -0.2) is 11.9 Å². The van der Waals surface area contributed by atoms with Gasteiger partial charge in [0.2, 0.25) is 0 Å². The van der Waals surface area contributed by atoms with Crippen molar-refractivity contribution in [1.82, 2.24) is 0 Å². The van der Waals surface area contributed by atoms with Crippen LogP contribution in [0.4, 0.5) is 0 Å². The molecule has 8 nitrogen and oxygen atoms in total. The van der Waals surface area contributed by atoms with Gasteiger partial charge in [0.15, 0.2) is 0 Å². The molecule has 0 atom stereocenters. The van der Waals surface area contributed by atoms with Gasteiger partial charge in [-0.05, 0) is 18.2 Å². The van der Waals surface area contributed by atoms with Crippen LogP contribution >= 0.6 is 0 Å². The molecule has 0 amide bonds. The zero-order valence-corrected chi connectivity index (χ0v) is 9.84. The summed E-state index contributed by atoms with van der Waals surface area (Å²) in [5, 5.41) is 0. The third-order valence-corrected chi connectivity index (χ3v) is 2.13. The molecule has 0 saturated heterocycles. The number of carbonyl (C=O) groups is 2. The Hall–Kier alpha value is -1.42. The molecular weight excluding hydrogens is 295 g/mol. The lowest BCUT2D eigenvalue weighted by Crippen LogP contribution is -2.36. The molecule has 0 aliphatic heterocycles. The molecule has 1 aromatic rings. The fourth-order valence-electron chi connectivity index (χ4n) is 0.977. The van der Waals surface area contributed by atoms with Gasteiger partial charge in [0, 0.05) is 0 Å². The van der Waals surface area contributed by atoms with E-state index in [0.717, 1.165) is 6.07 Å². The first-order valence-corrected chi connectivity index (χ1v) is 5.92. The molecule has 0 aliphatic rings. The van der Waals surface area contributed by atoms with Crippen LogP contribution in [0, 0.1) is 21.6 Å². The highest BCUT2D eigenvalue weighted by Crippen LogP contribution is 2.09. The third-order valence-electron chi connectivity index (χ3n) is 1.60. The number of hydrogen-bond donors (Lipinski definition) is 0. The Kier molecular flexibility index (Phi) is 5.28. The summed E-state index contributed by atoms with van der Waals surface area (Å²) >= 11 is 0. The predicted octanol–water partition coefficient (Wildman–Crippen LogP) is -3.83. The lowest BCUT2D eigenvalue weighted by atomic mass is 10.1. The van der Waals surface area contributed by atoms with Gasteiger partial charge in [0.25, 0.3) is 0 Å². The highest BCUT2D eigenvalue weighted by atomic mass is 35.6. The van der Waals surface area contributed by atoms with E-state index in [9.17, 15) is 28.2 Å². The van der Waals surface area contributed by atoms with Crippen molar-refractivity contribution < 1.29 is 58.4 Å². The van der Waals surface area contributed by atoms with Gasteiger partial charge < -0.3 is 18.6 Å². The second-order valence-corrected chi connectivity index (χ2v) is 3.75. The SMILES string of the molecule is O=C(O[Cl+2]([O-])[O-])c1cccc(C(=O)O[Cl+2]([O-])[O-])c1. The summed E-state index contributed by atoms with van der Waals surface area (Å²) < 4.78 is 48.0. The molecule has 0 saturated carbocycles. The minimum atomic E-state index is -2.71. The molecule has 1 aromatic carbocycles. The van der Waals surface area contributed by atoms with E-state index in [1.165, 1.54) is 18.2 Å². The van der Waals surface area contributed by atoms with Crippen LogP contribution in [0.2, 0.25) is 0 Å². The van der Waals surface area contributed by atoms with Crippen molar-refractivity contribution in [1.29, 1.82) is 0 Å². The summed E-state index contributed by atoms with van der Waals surface area (Å²) in [6.07, 6.45) is 0. The minimum absolute atomic E-state index is 0.258. The topological polar surface area (TPSA) is 145 Å². The molecule has 1 rings (SSSR count). The fraction of sp³-hybridized carbons (Fsp3) is 0. The van der Waals surface area contributed by atoms with Crippen molar-refractivity contribution in [3.05, 3.63) is 35.4 Å². The number of rotatable bonds is 4. The van der Waals surface area contributed by atoms with E-state index < -0.39 is 33.5 Å². The third kappa shape index (κ3) is 4.45. The second-order valence-electron chi connectivity index (χ2n) is 2.69. The van der Waals surface area contributed by atoms with Gasteiger partial charge in [-0.2, -0.15) is 0 Å². The Labute approximate surface area is 106 Å². The number of hydrogen-bond acceptors (Lipinski definition) is 8. The maximum absolute atomic E-state index is 11.2. The average molecular weight is 299 g/mol. The summed E-state index contributed by atoms with van der Waals surface area (Å²) in [5.74, 6) is -2.45. The van der Waals surface area contributed by atoms with Crippen LogP contribution in [0.25, 0.3) is 0 Å². The monoisotopic (exact) mass is 298 g/mol. The normalized spacial score (nSPS) is 10.6. The Morgan fingerprint density at radius 3 is 1.61 bits per heavy atom. The first-order chi connectivity index (χ1) is 8.40. The smallest absolute Gasteiger partial charge is 0.307 e. The van der Waals surface area contributed by atoms with Crippen molar-refractivity contribution in [3.8, 4) is 0 Å². The van der Waals surface area contributed by atoms with Crippen LogP contribution in [0.3, 0.4) is 0 Å². The number of carbonyl (C=O) groups excluding carboxylic acids is 2. The Morgan fingerprint density at radius 2 is 1.28 bits per heavy atom. The first-order valence-electron chi connectivity index (χ1n) is 4.06. The maximum Gasteiger partial charge on any atom is 0.452 e. The molecule has 0 fully saturated rings. The van der Waals surface area contributed by atoms with Gasteiger partial charge in [-0.1, -0.05) is 14.6 Å². The molecule has 0 N–H and O–H groups in total. The van der Waals surface area contributed by atoms with E-state index in [2.05, 4.69) is 8.58 Å². The van der Waals surface area contributed by atoms with E-state index >= 15 is 0 Å². The predicted molar refractivity (Wildman–Crippen MR) is 37.3 cm³/mol. The van der Waals surface area contributed by atoms with Gasteiger partial charge in [-0.25, -0.2) is 9.59 Å². The molecule has 18 heavy (non-hydrogen) atoms. The highest BCUT2D eigenvalue weighted by Gasteiger charge is 2.24. The van der Waals surface area contributed by atoms with Crippen LogP contribution < -0.4 is 18.6 Å². The maximum atomic E-state index is 11.2. The molecule has 0 bridgehead atoms. The second kappa shape index (κ2) is 6.50. The van der Waals surface area contributed by atoms with Crippen LogP contribution in [0.1, 0.15) is 20.7 Å².